The molecule has 2 rings (SSSR count). The molecule has 1 aromatic carbocycles. The van der Waals surface area contributed by atoms with Crippen LogP contribution in [-0.2, 0) is 0 Å². The van der Waals surface area contributed by atoms with E-state index < -0.39 is 0 Å². The Kier molecular flexibility index (Phi) is 2.38. The molecule has 0 aliphatic heterocycles. The molecule has 0 fully saturated rings. The van der Waals surface area contributed by atoms with Crippen molar-refractivity contribution in [2.75, 3.05) is 0 Å². The summed E-state index contributed by atoms with van der Waals surface area (Å²) < 4.78 is 13.6. The van der Waals surface area contributed by atoms with Crippen LogP contribution in [0.4, 0.5) is 4.39 Å². The maximum Gasteiger partial charge on any atom is 0.138 e. The smallest absolute Gasteiger partial charge is 0.138 e. The van der Waals surface area contributed by atoms with Gasteiger partial charge in [0.15, 0.2) is 0 Å². The van der Waals surface area contributed by atoms with Gasteiger partial charge in [-0.3, -0.25) is 4.98 Å². The second kappa shape index (κ2) is 3.38. The van der Waals surface area contributed by atoms with Crippen LogP contribution in [0.5, 0.6) is 0 Å². The zero-order chi connectivity index (χ0) is 9.42. The van der Waals surface area contributed by atoms with Crippen molar-refractivity contribution in [2.24, 2.45) is 0 Å². The minimum atomic E-state index is -0.261. The molecule has 2 aromatic rings. The first-order valence-corrected chi connectivity index (χ1v) is 5.04. The molecular weight excluding hydrogens is 303 g/mol. The predicted octanol–water partition coefficient (Wildman–Crippen LogP) is 3.63. The topological polar surface area (TPSA) is 12.9 Å². The normalized spacial score (nSPS) is 10.7. The van der Waals surface area contributed by atoms with Crippen molar-refractivity contribution >= 4 is 45.1 Å². The van der Waals surface area contributed by atoms with Crippen LogP contribution in [0.15, 0.2) is 24.4 Å². The van der Waals surface area contributed by atoms with E-state index in [2.05, 4.69) is 4.98 Å². The third-order valence-electron chi connectivity index (χ3n) is 1.75. The Bertz CT molecular complexity index is 472. The summed E-state index contributed by atoms with van der Waals surface area (Å²) in [5.74, 6) is -0.261. The van der Waals surface area contributed by atoms with Crippen molar-refractivity contribution in [3.8, 4) is 0 Å². The molecule has 1 heterocycles. The van der Waals surface area contributed by atoms with Gasteiger partial charge in [-0.05, 0) is 40.8 Å². The van der Waals surface area contributed by atoms with Crippen LogP contribution < -0.4 is 0 Å². The molecule has 0 bridgehead atoms. The molecule has 0 N–H and O–H groups in total. The first-order valence-electron chi connectivity index (χ1n) is 3.58. The van der Waals surface area contributed by atoms with E-state index in [4.69, 9.17) is 11.6 Å². The van der Waals surface area contributed by atoms with Gasteiger partial charge in [-0.15, -0.1) is 0 Å². The number of halogens is 3. The lowest BCUT2D eigenvalue weighted by Gasteiger charge is -2.01. The summed E-state index contributed by atoms with van der Waals surface area (Å²) in [4.78, 5) is 4.07. The standard InChI is InChI=1S/C9H4ClFIN/c10-6-3-4-13-9-5(6)1-2-7(11)8(9)12/h1-4H. The molecule has 0 radical (unpaired) electrons. The highest BCUT2D eigenvalue weighted by atomic mass is 127. The monoisotopic (exact) mass is 307 g/mol. The van der Waals surface area contributed by atoms with Gasteiger partial charge >= 0.3 is 0 Å². The number of aromatic nitrogens is 1. The SMILES string of the molecule is Fc1ccc2c(Cl)ccnc2c1I. The lowest BCUT2D eigenvalue weighted by atomic mass is 10.2. The van der Waals surface area contributed by atoms with Crippen molar-refractivity contribution in [1.82, 2.24) is 4.98 Å². The van der Waals surface area contributed by atoms with Crippen molar-refractivity contribution < 1.29 is 4.39 Å². The highest BCUT2D eigenvalue weighted by Gasteiger charge is 2.07. The average molecular weight is 307 g/mol. The van der Waals surface area contributed by atoms with Crippen LogP contribution >= 0.6 is 34.2 Å². The average Bonchev–Trinajstić information content (AvgIpc) is 2.12. The molecule has 66 valence electrons. The number of hydrogen-bond acceptors (Lipinski definition) is 1. The number of benzene rings is 1. The van der Waals surface area contributed by atoms with Gasteiger partial charge in [0.1, 0.15) is 5.82 Å². The van der Waals surface area contributed by atoms with Gasteiger partial charge in [-0.1, -0.05) is 11.6 Å². The fraction of sp³-hybridized carbons (Fsp3) is 0. The number of rotatable bonds is 0. The van der Waals surface area contributed by atoms with E-state index in [1.807, 2.05) is 22.6 Å². The minimum Gasteiger partial charge on any atom is -0.255 e. The van der Waals surface area contributed by atoms with Gasteiger partial charge < -0.3 is 0 Å². The second-order valence-corrected chi connectivity index (χ2v) is 4.04. The van der Waals surface area contributed by atoms with Crippen LogP contribution in [-0.4, -0.2) is 4.98 Å². The fourth-order valence-electron chi connectivity index (χ4n) is 1.13. The molecule has 1 aromatic heterocycles. The van der Waals surface area contributed by atoms with E-state index in [1.54, 1.807) is 18.3 Å². The summed E-state index contributed by atoms with van der Waals surface area (Å²) in [7, 11) is 0. The summed E-state index contributed by atoms with van der Waals surface area (Å²) in [6.45, 7) is 0. The predicted molar refractivity (Wildman–Crippen MR) is 59.4 cm³/mol. The first kappa shape index (κ1) is 9.15. The van der Waals surface area contributed by atoms with Gasteiger partial charge in [-0.25, -0.2) is 4.39 Å². The number of pyridine rings is 1. The molecule has 0 atom stereocenters. The van der Waals surface area contributed by atoms with Crippen molar-refractivity contribution in [3.63, 3.8) is 0 Å². The Hall–Kier alpha value is -0.420. The van der Waals surface area contributed by atoms with Crippen molar-refractivity contribution in [1.29, 1.82) is 0 Å². The molecule has 4 heteroatoms. The zero-order valence-electron chi connectivity index (χ0n) is 6.39. The maximum absolute atomic E-state index is 13.1. The van der Waals surface area contributed by atoms with Crippen molar-refractivity contribution in [3.05, 3.63) is 38.8 Å². The molecule has 0 saturated heterocycles. The summed E-state index contributed by atoms with van der Waals surface area (Å²) in [6.07, 6.45) is 1.58. The van der Waals surface area contributed by atoms with Crippen LogP contribution in [0.3, 0.4) is 0 Å². The number of nitrogens with zero attached hydrogens (tertiary/aromatic N) is 1. The quantitative estimate of drug-likeness (QED) is 0.677. The molecule has 0 aliphatic rings. The first-order chi connectivity index (χ1) is 6.20. The maximum atomic E-state index is 13.1. The van der Waals surface area contributed by atoms with E-state index in [0.717, 1.165) is 5.39 Å². The van der Waals surface area contributed by atoms with Gasteiger partial charge in [-0.2, -0.15) is 0 Å². The van der Waals surface area contributed by atoms with Gasteiger partial charge in [0.2, 0.25) is 0 Å². The molecule has 1 nitrogen and oxygen atoms in total. The summed E-state index contributed by atoms with van der Waals surface area (Å²) >= 11 is 7.84. The molecule has 0 aliphatic carbocycles. The van der Waals surface area contributed by atoms with Gasteiger partial charge in [0, 0.05) is 11.6 Å². The molecular formula is C9H4ClFIN. The molecule has 13 heavy (non-hydrogen) atoms. The highest BCUT2D eigenvalue weighted by Crippen LogP contribution is 2.26. The lowest BCUT2D eigenvalue weighted by Crippen LogP contribution is -1.87. The summed E-state index contributed by atoms with van der Waals surface area (Å²) in [6, 6.07) is 4.73. The van der Waals surface area contributed by atoms with Crippen LogP contribution in [0.25, 0.3) is 10.9 Å². The Labute approximate surface area is 93.1 Å². The van der Waals surface area contributed by atoms with E-state index in [-0.39, 0.29) is 5.82 Å². The second-order valence-electron chi connectivity index (χ2n) is 2.55. The van der Waals surface area contributed by atoms with Gasteiger partial charge in [0.25, 0.3) is 0 Å². The van der Waals surface area contributed by atoms with E-state index >= 15 is 0 Å². The molecule has 0 unspecified atom stereocenters. The third-order valence-corrected chi connectivity index (χ3v) is 3.11. The van der Waals surface area contributed by atoms with Crippen LogP contribution in [0, 0.1) is 9.39 Å². The molecule has 0 amide bonds. The van der Waals surface area contributed by atoms with E-state index in [9.17, 15) is 4.39 Å². The van der Waals surface area contributed by atoms with E-state index in [1.165, 1.54) is 6.07 Å². The van der Waals surface area contributed by atoms with Crippen molar-refractivity contribution in [2.45, 2.75) is 0 Å². The van der Waals surface area contributed by atoms with Crippen LogP contribution in [0.2, 0.25) is 5.02 Å². The third kappa shape index (κ3) is 1.50. The summed E-state index contributed by atoms with van der Waals surface area (Å²) in [5, 5.41) is 1.39. The van der Waals surface area contributed by atoms with E-state index in [0.29, 0.717) is 14.1 Å². The fourth-order valence-corrected chi connectivity index (χ4v) is 1.94. The zero-order valence-corrected chi connectivity index (χ0v) is 9.30. The largest absolute Gasteiger partial charge is 0.255 e. The number of fused-ring (bicyclic) bond motifs is 1. The van der Waals surface area contributed by atoms with Crippen LogP contribution in [0.1, 0.15) is 0 Å². The molecule has 0 saturated carbocycles. The van der Waals surface area contributed by atoms with Gasteiger partial charge in [0.05, 0.1) is 14.1 Å². The lowest BCUT2D eigenvalue weighted by molar-refractivity contribution is 0.622. The molecule has 0 spiro atoms. The Balaban J connectivity index is 2.94. The summed E-state index contributed by atoms with van der Waals surface area (Å²) in [5.41, 5.74) is 0.619. The Morgan fingerprint density at radius 3 is 2.85 bits per heavy atom. The minimum absolute atomic E-state index is 0.261. The Morgan fingerprint density at radius 1 is 1.31 bits per heavy atom. The Morgan fingerprint density at radius 2 is 2.08 bits per heavy atom. The number of hydrogen-bond donors (Lipinski definition) is 0. The highest BCUT2D eigenvalue weighted by molar-refractivity contribution is 14.1.